The monoisotopic (exact) mass is 326 g/mol. The van der Waals surface area contributed by atoms with Crippen LogP contribution >= 0.6 is 11.9 Å². The van der Waals surface area contributed by atoms with E-state index in [2.05, 4.69) is 14.8 Å². The molecule has 7 nitrogen and oxygen atoms in total. The smallest absolute Gasteiger partial charge is 0.429 e. The van der Waals surface area contributed by atoms with Crippen LogP contribution in [0, 0.1) is 0 Å². The molecule has 120 valence electrons. The topological polar surface area (TPSA) is 93.7 Å². The summed E-state index contributed by atoms with van der Waals surface area (Å²) in [5, 5.41) is 2.70. The molecule has 0 heterocycles. The van der Waals surface area contributed by atoms with Crippen molar-refractivity contribution in [2.45, 2.75) is 19.6 Å². The Labute approximate surface area is 132 Å². The second kappa shape index (κ2) is 9.80. The molecule has 2 N–H and O–H groups in total. The minimum Gasteiger partial charge on any atom is -0.429 e. The first-order valence-electron chi connectivity index (χ1n) is 6.51. The van der Waals surface area contributed by atoms with Crippen molar-refractivity contribution in [3.63, 3.8) is 0 Å². The summed E-state index contributed by atoms with van der Waals surface area (Å²) in [6.45, 7) is 1.39. The van der Waals surface area contributed by atoms with Crippen molar-refractivity contribution in [3.8, 4) is 0 Å². The molecule has 1 rings (SSSR count). The Kier molecular flexibility index (Phi) is 8.01. The second-order valence-corrected chi connectivity index (χ2v) is 5.08. The van der Waals surface area contributed by atoms with E-state index < -0.39 is 18.2 Å². The van der Waals surface area contributed by atoms with Gasteiger partial charge in [0.2, 0.25) is 5.91 Å². The van der Waals surface area contributed by atoms with Gasteiger partial charge in [-0.15, -0.1) is 0 Å². The average Bonchev–Trinajstić information content (AvgIpc) is 2.50. The fourth-order valence-electron chi connectivity index (χ4n) is 1.40. The van der Waals surface area contributed by atoms with E-state index in [9.17, 15) is 14.4 Å². The molecule has 1 amide bonds. The Hall–Kier alpha value is -2.06. The maximum Gasteiger partial charge on any atom is 0.516 e. The highest BCUT2D eigenvalue weighted by Crippen LogP contribution is 2.04. The van der Waals surface area contributed by atoms with E-state index >= 15 is 0 Å². The van der Waals surface area contributed by atoms with Crippen LogP contribution in [0.2, 0.25) is 0 Å². The van der Waals surface area contributed by atoms with Crippen LogP contribution in [0.5, 0.6) is 0 Å². The van der Waals surface area contributed by atoms with Crippen molar-refractivity contribution in [2.24, 2.45) is 0 Å². The van der Waals surface area contributed by atoms with Crippen LogP contribution in [-0.2, 0) is 25.7 Å². The Morgan fingerprint density at radius 3 is 2.50 bits per heavy atom. The SMILES string of the molecule is CN[C@@H](CSNC(C)=O)C(=O)OC(=O)OCc1ccccc1. The van der Waals surface area contributed by atoms with Gasteiger partial charge < -0.3 is 19.5 Å². The van der Waals surface area contributed by atoms with Gasteiger partial charge in [-0.25, -0.2) is 9.59 Å². The molecule has 0 aliphatic heterocycles. The third kappa shape index (κ3) is 7.09. The molecule has 8 heteroatoms. The van der Waals surface area contributed by atoms with Crippen LogP contribution in [0.3, 0.4) is 0 Å². The summed E-state index contributed by atoms with van der Waals surface area (Å²) in [5.74, 6) is -0.769. The predicted octanol–water partition coefficient (Wildman–Crippen LogP) is 1.24. The zero-order valence-corrected chi connectivity index (χ0v) is 13.1. The first kappa shape index (κ1) is 18.0. The number of esters is 1. The van der Waals surface area contributed by atoms with Crippen molar-refractivity contribution < 1.29 is 23.9 Å². The van der Waals surface area contributed by atoms with E-state index in [0.29, 0.717) is 0 Å². The zero-order valence-electron chi connectivity index (χ0n) is 12.3. The summed E-state index contributed by atoms with van der Waals surface area (Å²) in [6, 6.07) is 8.30. The number of hydrogen-bond acceptors (Lipinski definition) is 7. The molecule has 0 radical (unpaired) electrons. The number of carbonyl (C=O) groups is 3. The zero-order chi connectivity index (χ0) is 16.4. The molecular formula is C14H18N2O5S. The second-order valence-electron chi connectivity index (χ2n) is 4.26. The number of hydrogen-bond donors (Lipinski definition) is 2. The molecule has 1 aromatic rings. The van der Waals surface area contributed by atoms with E-state index in [-0.39, 0.29) is 18.3 Å². The van der Waals surface area contributed by atoms with Crippen LogP contribution in [0.1, 0.15) is 12.5 Å². The Morgan fingerprint density at radius 1 is 1.23 bits per heavy atom. The largest absolute Gasteiger partial charge is 0.516 e. The molecule has 0 aromatic heterocycles. The average molecular weight is 326 g/mol. The molecule has 0 aliphatic rings. The van der Waals surface area contributed by atoms with Gasteiger partial charge in [0, 0.05) is 12.7 Å². The van der Waals surface area contributed by atoms with Crippen LogP contribution in [0.25, 0.3) is 0 Å². The molecule has 0 unspecified atom stereocenters. The van der Waals surface area contributed by atoms with Gasteiger partial charge in [-0.1, -0.05) is 30.3 Å². The maximum atomic E-state index is 11.8. The number of benzene rings is 1. The van der Waals surface area contributed by atoms with Crippen molar-refractivity contribution in [2.75, 3.05) is 12.8 Å². The van der Waals surface area contributed by atoms with E-state index in [1.165, 1.54) is 6.92 Å². The Balaban J connectivity index is 2.34. The van der Waals surface area contributed by atoms with Gasteiger partial charge in [0.1, 0.15) is 12.6 Å². The molecule has 0 fully saturated rings. The minimum absolute atomic E-state index is 0.0256. The molecule has 0 spiro atoms. The molecule has 0 saturated heterocycles. The standard InChI is InChI=1S/C14H18N2O5S/c1-10(17)16-22-9-12(15-2)13(18)21-14(19)20-8-11-6-4-3-5-7-11/h3-7,12,15H,8-9H2,1-2H3,(H,16,17)/t12-/m0/s1. The Morgan fingerprint density at radius 2 is 1.91 bits per heavy atom. The highest BCUT2D eigenvalue weighted by atomic mass is 32.2. The predicted molar refractivity (Wildman–Crippen MR) is 81.8 cm³/mol. The summed E-state index contributed by atoms with van der Waals surface area (Å²) in [4.78, 5) is 34.0. The highest BCUT2D eigenvalue weighted by Gasteiger charge is 2.22. The Bertz CT molecular complexity index is 509. The van der Waals surface area contributed by atoms with Crippen molar-refractivity contribution in [1.82, 2.24) is 10.0 Å². The van der Waals surface area contributed by atoms with Crippen LogP contribution in [-0.4, -0.2) is 36.9 Å². The lowest BCUT2D eigenvalue weighted by Gasteiger charge is -2.13. The van der Waals surface area contributed by atoms with Gasteiger partial charge in [0.25, 0.3) is 0 Å². The molecule has 1 atom stereocenters. The lowest BCUT2D eigenvalue weighted by molar-refractivity contribution is -0.141. The van der Waals surface area contributed by atoms with Gasteiger partial charge in [-0.3, -0.25) is 4.79 Å². The number of nitrogens with one attached hydrogen (secondary N) is 2. The first-order valence-corrected chi connectivity index (χ1v) is 7.49. The molecule has 1 aromatic carbocycles. The summed E-state index contributed by atoms with van der Waals surface area (Å²) in [7, 11) is 1.55. The van der Waals surface area contributed by atoms with Crippen LogP contribution in [0.4, 0.5) is 4.79 Å². The number of carbonyl (C=O) groups excluding carboxylic acids is 3. The van der Waals surface area contributed by atoms with E-state index in [1.807, 2.05) is 18.2 Å². The summed E-state index contributed by atoms with van der Waals surface area (Å²) < 4.78 is 11.9. The van der Waals surface area contributed by atoms with Crippen molar-refractivity contribution in [1.29, 1.82) is 0 Å². The third-order valence-corrected chi connectivity index (χ3v) is 3.41. The lowest BCUT2D eigenvalue weighted by Crippen LogP contribution is -2.39. The third-order valence-electron chi connectivity index (χ3n) is 2.48. The summed E-state index contributed by atoms with van der Waals surface area (Å²) >= 11 is 1.04. The summed E-state index contributed by atoms with van der Waals surface area (Å²) in [5.41, 5.74) is 0.790. The first-order chi connectivity index (χ1) is 10.5. The molecule has 0 bridgehead atoms. The highest BCUT2D eigenvalue weighted by molar-refractivity contribution is 7.98. The van der Waals surface area contributed by atoms with E-state index in [4.69, 9.17) is 4.74 Å². The van der Waals surface area contributed by atoms with Gasteiger partial charge >= 0.3 is 12.1 Å². The number of amides is 1. The van der Waals surface area contributed by atoms with E-state index in [1.54, 1.807) is 19.2 Å². The van der Waals surface area contributed by atoms with Crippen LogP contribution in [0.15, 0.2) is 30.3 Å². The molecular weight excluding hydrogens is 308 g/mol. The van der Waals surface area contributed by atoms with Crippen LogP contribution < -0.4 is 10.0 Å². The van der Waals surface area contributed by atoms with Crippen molar-refractivity contribution >= 4 is 30.0 Å². The maximum absolute atomic E-state index is 11.8. The van der Waals surface area contributed by atoms with Gasteiger partial charge in [0.05, 0.1) is 0 Å². The fraction of sp³-hybridized carbons (Fsp3) is 0.357. The number of likely N-dealkylation sites (N-methyl/N-ethyl adjacent to an activating group) is 1. The molecule has 0 saturated carbocycles. The normalized spacial score (nSPS) is 11.4. The van der Waals surface area contributed by atoms with Gasteiger partial charge in [-0.2, -0.15) is 0 Å². The molecule has 22 heavy (non-hydrogen) atoms. The number of ether oxygens (including phenoxy) is 2. The number of rotatable bonds is 7. The van der Waals surface area contributed by atoms with Crippen molar-refractivity contribution in [3.05, 3.63) is 35.9 Å². The summed E-state index contributed by atoms with van der Waals surface area (Å²) in [6.07, 6.45) is -1.06. The van der Waals surface area contributed by atoms with Gasteiger partial charge in [0.15, 0.2) is 0 Å². The van der Waals surface area contributed by atoms with E-state index in [0.717, 1.165) is 17.5 Å². The molecule has 0 aliphatic carbocycles. The quantitative estimate of drug-likeness (QED) is 0.442. The minimum atomic E-state index is -1.06. The van der Waals surface area contributed by atoms with Gasteiger partial charge in [-0.05, 0) is 24.6 Å². The fourth-order valence-corrected chi connectivity index (χ4v) is 2.15. The lowest BCUT2D eigenvalue weighted by atomic mass is 10.2.